The second-order valence-corrected chi connectivity index (χ2v) is 6.44. The monoisotopic (exact) mass is 205 g/mol. The Morgan fingerprint density at radius 2 is 2.00 bits per heavy atom. The van der Waals surface area contributed by atoms with Gasteiger partial charge in [-0.05, 0) is 26.7 Å². The van der Waals surface area contributed by atoms with Crippen LogP contribution < -0.4 is 5.73 Å². The number of nitrogens with two attached hydrogens (primary N) is 1. The quantitative estimate of drug-likeness (QED) is 0.684. The molecule has 4 heteroatoms. The Morgan fingerprint density at radius 1 is 1.54 bits per heavy atom. The Balaban J connectivity index is 4.54. The van der Waals surface area contributed by atoms with Crippen LogP contribution in [-0.2, 0) is 9.84 Å². The van der Waals surface area contributed by atoms with Crippen LogP contribution in [-0.4, -0.2) is 25.5 Å². The highest BCUT2D eigenvalue weighted by Crippen LogP contribution is 2.21. The van der Waals surface area contributed by atoms with E-state index in [1.807, 2.05) is 0 Å². The number of allylic oxidation sites excluding steroid dienone is 1. The molecule has 0 aliphatic heterocycles. The van der Waals surface area contributed by atoms with E-state index in [4.69, 9.17) is 5.73 Å². The smallest absolute Gasteiger partial charge is 0.154 e. The fourth-order valence-electron chi connectivity index (χ4n) is 0.920. The molecular weight excluding hydrogens is 186 g/mol. The van der Waals surface area contributed by atoms with Gasteiger partial charge in [0.05, 0.1) is 4.75 Å². The van der Waals surface area contributed by atoms with Crippen molar-refractivity contribution in [2.45, 2.75) is 37.5 Å². The maximum atomic E-state index is 11.4. The van der Waals surface area contributed by atoms with E-state index in [1.54, 1.807) is 19.9 Å². The van der Waals surface area contributed by atoms with Gasteiger partial charge in [0.25, 0.3) is 0 Å². The predicted octanol–water partition coefficient (Wildman–Crippen LogP) is 1.10. The fourth-order valence-corrected chi connectivity index (χ4v) is 1.59. The van der Waals surface area contributed by atoms with Crippen LogP contribution in [0, 0.1) is 0 Å². The summed E-state index contributed by atoms with van der Waals surface area (Å²) in [5.41, 5.74) is 5.80. The van der Waals surface area contributed by atoms with Crippen LogP contribution in [0.15, 0.2) is 12.7 Å². The van der Waals surface area contributed by atoms with Crippen LogP contribution in [0.4, 0.5) is 0 Å². The second-order valence-electron chi connectivity index (χ2n) is 3.85. The molecule has 0 aromatic rings. The highest BCUT2D eigenvalue weighted by atomic mass is 32.2. The molecule has 0 aliphatic rings. The van der Waals surface area contributed by atoms with Crippen molar-refractivity contribution in [1.82, 2.24) is 0 Å². The maximum Gasteiger partial charge on any atom is 0.154 e. The van der Waals surface area contributed by atoms with Gasteiger partial charge in [-0.3, -0.25) is 0 Å². The van der Waals surface area contributed by atoms with Gasteiger partial charge in [0.2, 0.25) is 0 Å². The number of hydrogen-bond acceptors (Lipinski definition) is 3. The normalized spacial score (nSPS) is 15.4. The molecule has 1 unspecified atom stereocenters. The van der Waals surface area contributed by atoms with Gasteiger partial charge < -0.3 is 5.73 Å². The van der Waals surface area contributed by atoms with Crippen molar-refractivity contribution < 1.29 is 8.42 Å². The molecule has 78 valence electrons. The molecule has 0 spiro atoms. The lowest BCUT2D eigenvalue weighted by Crippen LogP contribution is -2.48. The van der Waals surface area contributed by atoms with Crippen LogP contribution in [0.1, 0.15) is 26.7 Å². The molecule has 1 atom stereocenters. The van der Waals surface area contributed by atoms with Crippen molar-refractivity contribution in [3.63, 3.8) is 0 Å². The van der Waals surface area contributed by atoms with E-state index >= 15 is 0 Å². The lowest BCUT2D eigenvalue weighted by molar-refractivity contribution is 0.465. The van der Waals surface area contributed by atoms with E-state index in [1.165, 1.54) is 6.26 Å². The largest absolute Gasteiger partial charge is 0.326 e. The third-order valence-corrected chi connectivity index (χ3v) is 4.74. The molecule has 13 heavy (non-hydrogen) atoms. The van der Waals surface area contributed by atoms with E-state index in [0.717, 1.165) is 6.42 Å². The maximum absolute atomic E-state index is 11.4. The standard InChI is InChI=1S/C9H19NO2S/c1-5-6-7-8(10)9(2,3)13(4,11)12/h5,8H,1,6-7,10H2,2-4H3. The summed E-state index contributed by atoms with van der Waals surface area (Å²) in [6.45, 7) is 6.90. The van der Waals surface area contributed by atoms with Crippen LogP contribution in [0.25, 0.3) is 0 Å². The Hall–Kier alpha value is -0.350. The first-order valence-electron chi connectivity index (χ1n) is 4.29. The highest BCUT2D eigenvalue weighted by Gasteiger charge is 2.36. The zero-order chi connectivity index (χ0) is 10.7. The third-order valence-electron chi connectivity index (χ3n) is 2.53. The van der Waals surface area contributed by atoms with Crippen molar-refractivity contribution in [2.75, 3.05) is 6.26 Å². The van der Waals surface area contributed by atoms with Gasteiger partial charge in [0.1, 0.15) is 0 Å². The molecule has 0 aromatic carbocycles. The first-order chi connectivity index (χ1) is 5.73. The van der Waals surface area contributed by atoms with Crippen molar-refractivity contribution in [1.29, 1.82) is 0 Å². The molecule has 0 saturated carbocycles. The van der Waals surface area contributed by atoms with E-state index in [2.05, 4.69) is 6.58 Å². The Kier molecular flexibility index (Phi) is 4.13. The summed E-state index contributed by atoms with van der Waals surface area (Å²) < 4.78 is 21.9. The Morgan fingerprint density at radius 3 is 2.31 bits per heavy atom. The van der Waals surface area contributed by atoms with Gasteiger partial charge in [-0.2, -0.15) is 0 Å². The summed E-state index contributed by atoms with van der Waals surface area (Å²) in [6.07, 6.45) is 4.38. The summed E-state index contributed by atoms with van der Waals surface area (Å²) in [5, 5.41) is 0. The molecule has 0 amide bonds. The van der Waals surface area contributed by atoms with Gasteiger partial charge in [-0.25, -0.2) is 8.42 Å². The minimum Gasteiger partial charge on any atom is -0.326 e. The minimum atomic E-state index is -3.09. The molecular formula is C9H19NO2S. The van der Waals surface area contributed by atoms with Crippen LogP contribution in [0.5, 0.6) is 0 Å². The van der Waals surface area contributed by atoms with Gasteiger partial charge >= 0.3 is 0 Å². The van der Waals surface area contributed by atoms with E-state index in [9.17, 15) is 8.42 Å². The highest BCUT2D eigenvalue weighted by molar-refractivity contribution is 7.92. The number of hydrogen-bond donors (Lipinski definition) is 1. The summed E-state index contributed by atoms with van der Waals surface area (Å²) in [4.78, 5) is 0. The van der Waals surface area contributed by atoms with Crippen LogP contribution in [0.3, 0.4) is 0 Å². The molecule has 2 N–H and O–H groups in total. The van der Waals surface area contributed by atoms with E-state index < -0.39 is 14.6 Å². The lowest BCUT2D eigenvalue weighted by atomic mass is 9.99. The molecule has 0 saturated heterocycles. The van der Waals surface area contributed by atoms with Crippen molar-refractivity contribution in [3.05, 3.63) is 12.7 Å². The molecule has 0 heterocycles. The van der Waals surface area contributed by atoms with Gasteiger partial charge in [-0.15, -0.1) is 6.58 Å². The molecule has 0 radical (unpaired) electrons. The summed E-state index contributed by atoms with van der Waals surface area (Å²) >= 11 is 0. The van der Waals surface area contributed by atoms with Crippen molar-refractivity contribution >= 4 is 9.84 Å². The van der Waals surface area contributed by atoms with Crippen LogP contribution >= 0.6 is 0 Å². The fraction of sp³-hybridized carbons (Fsp3) is 0.778. The van der Waals surface area contributed by atoms with E-state index in [-0.39, 0.29) is 6.04 Å². The zero-order valence-corrected chi connectivity index (χ0v) is 9.39. The molecule has 0 aliphatic carbocycles. The predicted molar refractivity (Wildman–Crippen MR) is 56.3 cm³/mol. The molecule has 0 rings (SSSR count). The molecule has 0 bridgehead atoms. The minimum absolute atomic E-state index is 0.333. The molecule has 3 nitrogen and oxygen atoms in total. The third kappa shape index (κ3) is 3.12. The first-order valence-corrected chi connectivity index (χ1v) is 6.18. The van der Waals surface area contributed by atoms with Crippen LogP contribution in [0.2, 0.25) is 0 Å². The topological polar surface area (TPSA) is 60.2 Å². The Labute approximate surface area is 80.9 Å². The Bertz CT molecular complexity index is 267. The average Bonchev–Trinajstić information content (AvgIpc) is 1.97. The lowest BCUT2D eigenvalue weighted by Gasteiger charge is -2.29. The number of sulfone groups is 1. The summed E-state index contributed by atoms with van der Waals surface area (Å²) in [6, 6.07) is -0.333. The summed E-state index contributed by atoms with van der Waals surface area (Å²) in [7, 11) is -3.09. The van der Waals surface area contributed by atoms with Crippen molar-refractivity contribution in [3.8, 4) is 0 Å². The second kappa shape index (κ2) is 4.24. The molecule has 0 aromatic heterocycles. The van der Waals surface area contributed by atoms with Gasteiger partial charge in [0, 0.05) is 12.3 Å². The average molecular weight is 205 g/mol. The van der Waals surface area contributed by atoms with E-state index in [0.29, 0.717) is 6.42 Å². The zero-order valence-electron chi connectivity index (χ0n) is 8.58. The van der Waals surface area contributed by atoms with Crippen molar-refractivity contribution in [2.24, 2.45) is 5.73 Å². The van der Waals surface area contributed by atoms with Gasteiger partial charge in [0.15, 0.2) is 9.84 Å². The summed E-state index contributed by atoms with van der Waals surface area (Å²) in [5.74, 6) is 0. The SMILES string of the molecule is C=CCCC(N)C(C)(C)S(C)(=O)=O. The first kappa shape index (κ1) is 12.7. The number of rotatable bonds is 5. The molecule has 0 fully saturated rings. The van der Waals surface area contributed by atoms with Gasteiger partial charge in [-0.1, -0.05) is 6.08 Å².